The van der Waals surface area contributed by atoms with Crippen molar-refractivity contribution in [3.05, 3.63) is 90.5 Å². The standard InChI is InChI=1S/C28H30N2/c1-2-20-28(21-29,22-30)27-17-11-5-10-16-26(27)25(24-14-8-4-9-15-24)19-18-23-12-6-3-7-13-23/h2-4,6-9,12-15,18-19,25-27H,1,5,10-11,16-17,20H2/b19-18+/t25?,26-,27?/m0/s1. The Hall–Kier alpha value is -3.10. The van der Waals surface area contributed by atoms with Crippen molar-refractivity contribution in [3.8, 4) is 12.1 Å². The molecule has 3 atom stereocenters. The van der Waals surface area contributed by atoms with Crippen LogP contribution in [0.4, 0.5) is 0 Å². The molecule has 2 unspecified atom stereocenters. The third kappa shape index (κ3) is 4.90. The number of nitriles is 2. The second-order valence-electron chi connectivity index (χ2n) is 8.30. The second-order valence-corrected chi connectivity index (χ2v) is 8.30. The van der Waals surface area contributed by atoms with Crippen LogP contribution in [0.25, 0.3) is 6.08 Å². The van der Waals surface area contributed by atoms with E-state index in [9.17, 15) is 10.5 Å². The summed E-state index contributed by atoms with van der Waals surface area (Å²) in [6.45, 7) is 3.85. The minimum Gasteiger partial charge on any atom is -0.197 e. The van der Waals surface area contributed by atoms with Gasteiger partial charge in [0.05, 0.1) is 12.1 Å². The van der Waals surface area contributed by atoms with Crippen LogP contribution in [0.3, 0.4) is 0 Å². The quantitative estimate of drug-likeness (QED) is 0.365. The van der Waals surface area contributed by atoms with Crippen molar-refractivity contribution in [2.24, 2.45) is 17.3 Å². The summed E-state index contributed by atoms with van der Waals surface area (Å²) in [5.41, 5.74) is 1.41. The summed E-state index contributed by atoms with van der Waals surface area (Å²) in [4.78, 5) is 0. The lowest BCUT2D eigenvalue weighted by Crippen LogP contribution is -2.35. The zero-order valence-electron chi connectivity index (χ0n) is 17.6. The minimum atomic E-state index is -1.01. The van der Waals surface area contributed by atoms with Crippen molar-refractivity contribution in [1.82, 2.24) is 0 Å². The molecule has 2 aromatic carbocycles. The normalized spacial score (nSPS) is 20.6. The molecule has 2 heteroatoms. The molecule has 1 aliphatic carbocycles. The van der Waals surface area contributed by atoms with Gasteiger partial charge >= 0.3 is 0 Å². The number of nitrogens with zero attached hydrogens (tertiary/aromatic N) is 2. The van der Waals surface area contributed by atoms with Crippen LogP contribution in [0.5, 0.6) is 0 Å². The lowest BCUT2D eigenvalue weighted by Gasteiger charge is -2.38. The van der Waals surface area contributed by atoms with Crippen LogP contribution < -0.4 is 0 Å². The van der Waals surface area contributed by atoms with Crippen LogP contribution in [0.15, 0.2) is 79.4 Å². The molecule has 152 valence electrons. The third-order valence-corrected chi connectivity index (χ3v) is 6.51. The molecule has 0 aromatic heterocycles. The van der Waals surface area contributed by atoms with Gasteiger partial charge in [-0.15, -0.1) is 6.58 Å². The summed E-state index contributed by atoms with van der Waals surface area (Å²) < 4.78 is 0. The molecule has 1 saturated carbocycles. The number of hydrogen-bond donors (Lipinski definition) is 0. The first-order valence-corrected chi connectivity index (χ1v) is 11.0. The van der Waals surface area contributed by atoms with Crippen LogP contribution in [0, 0.1) is 39.9 Å². The van der Waals surface area contributed by atoms with Crippen LogP contribution >= 0.6 is 0 Å². The molecular weight excluding hydrogens is 364 g/mol. The fourth-order valence-electron chi connectivity index (χ4n) is 4.99. The van der Waals surface area contributed by atoms with E-state index in [1.54, 1.807) is 6.08 Å². The van der Waals surface area contributed by atoms with Gasteiger partial charge in [0.1, 0.15) is 5.41 Å². The average Bonchev–Trinajstić information content (AvgIpc) is 3.06. The number of benzene rings is 2. The third-order valence-electron chi connectivity index (χ3n) is 6.51. The molecule has 0 amide bonds. The Bertz CT molecular complexity index is 901. The fourth-order valence-corrected chi connectivity index (χ4v) is 4.99. The first-order chi connectivity index (χ1) is 14.7. The molecule has 2 nitrogen and oxygen atoms in total. The van der Waals surface area contributed by atoms with Crippen molar-refractivity contribution < 1.29 is 0 Å². The van der Waals surface area contributed by atoms with E-state index in [1.807, 2.05) is 24.3 Å². The summed E-state index contributed by atoms with van der Waals surface area (Å²) in [5, 5.41) is 20.2. The predicted molar refractivity (Wildman–Crippen MR) is 123 cm³/mol. The lowest BCUT2D eigenvalue weighted by atomic mass is 9.62. The summed E-state index contributed by atoms with van der Waals surface area (Å²) >= 11 is 0. The Morgan fingerprint density at radius 2 is 1.57 bits per heavy atom. The Morgan fingerprint density at radius 3 is 2.20 bits per heavy atom. The molecule has 0 saturated heterocycles. The van der Waals surface area contributed by atoms with Gasteiger partial charge in [-0.3, -0.25) is 0 Å². The first kappa shape index (κ1) is 21.6. The van der Waals surface area contributed by atoms with E-state index in [4.69, 9.17) is 0 Å². The zero-order chi connectivity index (χ0) is 21.2. The summed E-state index contributed by atoms with van der Waals surface area (Å²) in [5.74, 6) is 0.438. The highest BCUT2D eigenvalue weighted by atomic mass is 14.5. The highest BCUT2D eigenvalue weighted by Gasteiger charge is 2.45. The molecule has 0 heterocycles. The molecule has 3 rings (SSSR count). The van der Waals surface area contributed by atoms with Gasteiger partial charge in [0.25, 0.3) is 0 Å². The van der Waals surface area contributed by atoms with Gasteiger partial charge < -0.3 is 0 Å². The van der Waals surface area contributed by atoms with Crippen molar-refractivity contribution >= 4 is 6.08 Å². The Kier molecular flexibility index (Phi) is 7.64. The second kappa shape index (κ2) is 10.6. The summed E-state index contributed by atoms with van der Waals surface area (Å²) in [6, 6.07) is 25.7. The van der Waals surface area contributed by atoms with Crippen LogP contribution in [0.2, 0.25) is 0 Å². The van der Waals surface area contributed by atoms with Crippen molar-refractivity contribution in [2.75, 3.05) is 0 Å². The smallest absolute Gasteiger partial charge is 0.150 e. The van der Waals surface area contributed by atoms with Crippen molar-refractivity contribution in [1.29, 1.82) is 10.5 Å². The molecule has 0 spiro atoms. The highest BCUT2D eigenvalue weighted by molar-refractivity contribution is 5.51. The summed E-state index contributed by atoms with van der Waals surface area (Å²) in [6.07, 6.45) is 12.0. The molecule has 0 bridgehead atoms. The monoisotopic (exact) mass is 394 g/mol. The van der Waals surface area contributed by atoms with Gasteiger partial charge in [-0.05, 0) is 42.2 Å². The average molecular weight is 395 g/mol. The fraction of sp³-hybridized carbons (Fsp3) is 0.357. The van der Waals surface area contributed by atoms with E-state index < -0.39 is 5.41 Å². The molecule has 1 aliphatic rings. The van der Waals surface area contributed by atoms with Gasteiger partial charge in [-0.25, -0.2) is 0 Å². The molecule has 0 aliphatic heterocycles. The topological polar surface area (TPSA) is 47.6 Å². The van der Waals surface area contributed by atoms with Crippen molar-refractivity contribution in [3.63, 3.8) is 0 Å². The zero-order valence-corrected chi connectivity index (χ0v) is 17.6. The van der Waals surface area contributed by atoms with Gasteiger partial charge in [0.2, 0.25) is 0 Å². The SMILES string of the molecule is C=CCC(C#N)(C#N)C1CCCCC[C@H]1C(/C=C/c1ccccc1)c1ccccc1. The van der Waals surface area contributed by atoms with Crippen LogP contribution in [-0.4, -0.2) is 0 Å². The maximum Gasteiger partial charge on any atom is 0.150 e. The predicted octanol–water partition coefficient (Wildman–Crippen LogP) is 7.29. The molecule has 2 aromatic rings. The van der Waals surface area contributed by atoms with E-state index in [0.29, 0.717) is 6.42 Å². The first-order valence-electron chi connectivity index (χ1n) is 11.0. The van der Waals surface area contributed by atoms with E-state index in [2.05, 4.69) is 67.3 Å². The minimum absolute atomic E-state index is 0.0265. The maximum atomic E-state index is 10.1. The highest BCUT2D eigenvalue weighted by Crippen LogP contribution is 2.49. The maximum absolute atomic E-state index is 10.1. The summed E-state index contributed by atoms with van der Waals surface area (Å²) in [7, 11) is 0. The largest absolute Gasteiger partial charge is 0.197 e. The molecular formula is C28H30N2. The Labute approximate surface area is 181 Å². The molecule has 1 fully saturated rings. The van der Waals surface area contributed by atoms with Crippen molar-refractivity contribution in [2.45, 2.75) is 44.4 Å². The number of allylic oxidation sites excluding steroid dienone is 2. The van der Waals surface area contributed by atoms with Gasteiger partial charge in [-0.2, -0.15) is 10.5 Å². The van der Waals surface area contributed by atoms with Crippen LogP contribution in [-0.2, 0) is 0 Å². The number of hydrogen-bond acceptors (Lipinski definition) is 2. The molecule has 0 radical (unpaired) electrons. The van der Waals surface area contributed by atoms with Gasteiger partial charge in [-0.1, -0.05) is 98.2 Å². The lowest BCUT2D eigenvalue weighted by molar-refractivity contribution is 0.184. The van der Waals surface area contributed by atoms with Gasteiger partial charge in [0, 0.05) is 5.92 Å². The van der Waals surface area contributed by atoms with Crippen LogP contribution in [0.1, 0.15) is 55.6 Å². The van der Waals surface area contributed by atoms with E-state index in [0.717, 1.165) is 32.1 Å². The Balaban J connectivity index is 2.06. The molecule has 0 N–H and O–H groups in total. The molecule has 30 heavy (non-hydrogen) atoms. The van der Waals surface area contributed by atoms with Gasteiger partial charge in [0.15, 0.2) is 0 Å². The Morgan fingerprint density at radius 1 is 0.933 bits per heavy atom. The van der Waals surface area contributed by atoms with E-state index in [1.165, 1.54) is 11.1 Å². The van der Waals surface area contributed by atoms with E-state index >= 15 is 0 Å². The number of rotatable bonds is 7. The van der Waals surface area contributed by atoms with E-state index in [-0.39, 0.29) is 17.8 Å².